The summed E-state index contributed by atoms with van der Waals surface area (Å²) in [5, 5.41) is 0. The SMILES string of the molecule is CC[n+]1c(C)c[nH]c1C.O=S(=O)([O-])C(F)(F)F. The van der Waals surface area contributed by atoms with E-state index < -0.39 is 15.6 Å². The highest BCUT2D eigenvalue weighted by Gasteiger charge is 2.36. The summed E-state index contributed by atoms with van der Waals surface area (Å²) in [4.78, 5) is 3.15. The number of aryl methyl sites for hydroxylation is 2. The lowest BCUT2D eigenvalue weighted by Crippen LogP contribution is -2.36. The Kier molecular flexibility index (Phi) is 5.14. The lowest BCUT2D eigenvalue weighted by Gasteiger charge is -2.08. The lowest BCUT2D eigenvalue weighted by atomic mass is 10.5. The standard InChI is InChI=1S/C7H12N2.CHF3O3S/c1-4-9-6(2)5-8-7(9)3;2-1(3,4)8(5,6)7/h5H,4H2,1-3H3;(H,5,6,7). The van der Waals surface area contributed by atoms with Gasteiger partial charge in [0.05, 0.1) is 6.54 Å². The van der Waals surface area contributed by atoms with Crippen LogP contribution >= 0.6 is 0 Å². The van der Waals surface area contributed by atoms with Crippen molar-refractivity contribution in [1.29, 1.82) is 0 Å². The number of alkyl halides is 3. The minimum Gasteiger partial charge on any atom is -0.741 e. The minimum absolute atomic E-state index is 1.06. The molecule has 0 aliphatic heterocycles. The Bertz CT molecular complexity index is 445. The summed E-state index contributed by atoms with van der Waals surface area (Å²) in [6.45, 7) is 7.39. The summed E-state index contributed by atoms with van der Waals surface area (Å²) in [5.74, 6) is 1.23. The summed E-state index contributed by atoms with van der Waals surface area (Å²) < 4.78 is 61.1. The van der Waals surface area contributed by atoms with Crippen LogP contribution in [0.15, 0.2) is 6.20 Å². The number of hydrogen-bond acceptors (Lipinski definition) is 3. The summed E-state index contributed by atoms with van der Waals surface area (Å²) >= 11 is 0. The number of nitrogens with one attached hydrogen (secondary N) is 1. The second-order valence-electron chi connectivity index (χ2n) is 3.16. The molecule has 1 heterocycles. The molecule has 1 aromatic rings. The average molecular weight is 274 g/mol. The van der Waals surface area contributed by atoms with Crippen LogP contribution in [0.3, 0.4) is 0 Å². The molecular weight excluding hydrogens is 261 g/mol. The van der Waals surface area contributed by atoms with Crippen LogP contribution in [0.2, 0.25) is 0 Å². The normalized spacial score (nSPS) is 11.9. The van der Waals surface area contributed by atoms with E-state index in [1.165, 1.54) is 11.5 Å². The van der Waals surface area contributed by atoms with Crippen molar-refractivity contribution < 1.29 is 30.7 Å². The first-order chi connectivity index (χ1) is 7.50. The molecule has 0 radical (unpaired) electrons. The number of nitrogens with zero attached hydrogens (tertiary/aromatic N) is 1. The van der Waals surface area contributed by atoms with Crippen molar-refractivity contribution in [2.75, 3.05) is 0 Å². The Hall–Kier alpha value is -1.09. The first kappa shape index (κ1) is 15.9. The number of rotatable bonds is 1. The predicted molar refractivity (Wildman–Crippen MR) is 51.9 cm³/mol. The molecule has 1 aromatic heterocycles. The molecule has 1 N–H and O–H groups in total. The van der Waals surface area contributed by atoms with Gasteiger partial charge >= 0.3 is 5.51 Å². The van der Waals surface area contributed by atoms with Crippen LogP contribution < -0.4 is 4.57 Å². The summed E-state index contributed by atoms with van der Waals surface area (Å²) in [6, 6.07) is 0. The Labute approximate surface area is 97.0 Å². The van der Waals surface area contributed by atoms with E-state index in [1.54, 1.807) is 0 Å². The maximum absolute atomic E-state index is 10.7. The van der Waals surface area contributed by atoms with Gasteiger partial charge in [-0.15, -0.1) is 0 Å². The van der Waals surface area contributed by atoms with Crippen molar-refractivity contribution in [3.8, 4) is 0 Å². The van der Waals surface area contributed by atoms with Crippen LogP contribution in [0.5, 0.6) is 0 Å². The summed E-state index contributed by atoms with van der Waals surface area (Å²) in [7, 11) is -6.09. The zero-order valence-electron chi connectivity index (χ0n) is 9.50. The van der Waals surface area contributed by atoms with Crippen molar-refractivity contribution in [2.24, 2.45) is 0 Å². The number of halogens is 3. The van der Waals surface area contributed by atoms with E-state index in [4.69, 9.17) is 13.0 Å². The van der Waals surface area contributed by atoms with Gasteiger partial charge in [0, 0.05) is 13.8 Å². The molecule has 1 rings (SSSR count). The molecule has 0 amide bonds. The molecule has 0 aliphatic carbocycles. The maximum atomic E-state index is 10.7. The van der Waals surface area contributed by atoms with Gasteiger partial charge in [-0.1, -0.05) is 0 Å². The third-order valence-electron chi connectivity index (χ3n) is 1.92. The third-order valence-corrected chi connectivity index (χ3v) is 2.49. The molecule has 0 spiro atoms. The summed E-state index contributed by atoms with van der Waals surface area (Å²) in [5.41, 5.74) is -4.34. The monoisotopic (exact) mass is 274 g/mol. The van der Waals surface area contributed by atoms with Crippen LogP contribution in [0.1, 0.15) is 18.4 Å². The predicted octanol–water partition coefficient (Wildman–Crippen LogP) is 0.990. The Morgan fingerprint density at radius 1 is 1.41 bits per heavy atom. The zero-order chi connectivity index (χ0) is 13.9. The maximum Gasteiger partial charge on any atom is 0.485 e. The van der Waals surface area contributed by atoms with Crippen molar-refractivity contribution >= 4 is 10.1 Å². The molecule has 0 atom stereocenters. The van der Waals surface area contributed by atoms with Crippen molar-refractivity contribution in [3.05, 3.63) is 17.7 Å². The fourth-order valence-electron chi connectivity index (χ4n) is 1.12. The van der Waals surface area contributed by atoms with Crippen LogP contribution in [0, 0.1) is 13.8 Å². The number of aromatic amines is 1. The number of aromatic nitrogens is 2. The minimum atomic E-state index is -6.09. The van der Waals surface area contributed by atoms with E-state index in [-0.39, 0.29) is 0 Å². The van der Waals surface area contributed by atoms with Crippen molar-refractivity contribution in [1.82, 2.24) is 4.98 Å². The molecule has 0 aromatic carbocycles. The van der Waals surface area contributed by atoms with Crippen LogP contribution in [0.4, 0.5) is 13.2 Å². The first-order valence-electron chi connectivity index (χ1n) is 4.57. The largest absolute Gasteiger partial charge is 0.741 e. The summed E-state index contributed by atoms with van der Waals surface area (Å²) in [6.07, 6.45) is 2.03. The van der Waals surface area contributed by atoms with Gasteiger partial charge in [-0.2, -0.15) is 13.2 Å². The van der Waals surface area contributed by atoms with Gasteiger partial charge in [0.25, 0.3) is 5.82 Å². The Morgan fingerprint density at radius 3 is 1.94 bits per heavy atom. The fraction of sp³-hybridized carbons (Fsp3) is 0.625. The quantitative estimate of drug-likeness (QED) is 0.471. The van der Waals surface area contributed by atoms with Gasteiger partial charge in [-0.05, 0) is 6.92 Å². The number of hydrogen-bond donors (Lipinski definition) is 1. The lowest BCUT2D eigenvalue weighted by molar-refractivity contribution is -0.703. The van der Waals surface area contributed by atoms with Crippen LogP contribution in [0.25, 0.3) is 0 Å². The molecule has 100 valence electrons. The van der Waals surface area contributed by atoms with E-state index in [9.17, 15) is 13.2 Å². The van der Waals surface area contributed by atoms with Gasteiger partial charge in [0.15, 0.2) is 10.1 Å². The molecular formula is C8H13F3N2O3S. The molecule has 9 heteroatoms. The highest BCUT2D eigenvalue weighted by molar-refractivity contribution is 7.86. The second-order valence-corrected chi connectivity index (χ2v) is 4.53. The average Bonchev–Trinajstić information content (AvgIpc) is 2.43. The van der Waals surface area contributed by atoms with Crippen molar-refractivity contribution in [2.45, 2.75) is 32.8 Å². The Balaban J connectivity index is 0.000000304. The third kappa shape index (κ3) is 4.73. The smallest absolute Gasteiger partial charge is 0.485 e. The molecule has 0 saturated carbocycles. The van der Waals surface area contributed by atoms with E-state index in [2.05, 4.69) is 30.3 Å². The van der Waals surface area contributed by atoms with E-state index in [1.807, 2.05) is 6.20 Å². The molecule has 0 unspecified atom stereocenters. The molecule has 0 aliphatic rings. The highest BCUT2D eigenvalue weighted by atomic mass is 32.2. The molecule has 0 bridgehead atoms. The van der Waals surface area contributed by atoms with E-state index >= 15 is 0 Å². The van der Waals surface area contributed by atoms with Gasteiger partial charge < -0.3 is 4.55 Å². The van der Waals surface area contributed by atoms with Gasteiger partial charge in [-0.25, -0.2) is 18.0 Å². The van der Waals surface area contributed by atoms with E-state index in [0.717, 1.165) is 6.54 Å². The second kappa shape index (κ2) is 5.50. The fourth-order valence-corrected chi connectivity index (χ4v) is 1.12. The highest BCUT2D eigenvalue weighted by Crippen LogP contribution is 2.20. The van der Waals surface area contributed by atoms with Gasteiger partial charge in [-0.3, -0.25) is 0 Å². The molecule has 5 nitrogen and oxygen atoms in total. The Morgan fingerprint density at radius 2 is 1.82 bits per heavy atom. The number of H-pyrrole nitrogens is 1. The van der Waals surface area contributed by atoms with Crippen LogP contribution in [-0.2, 0) is 16.7 Å². The van der Waals surface area contributed by atoms with Crippen LogP contribution in [-0.4, -0.2) is 23.5 Å². The van der Waals surface area contributed by atoms with Gasteiger partial charge in [0.2, 0.25) is 0 Å². The van der Waals surface area contributed by atoms with Crippen molar-refractivity contribution in [3.63, 3.8) is 0 Å². The molecule has 17 heavy (non-hydrogen) atoms. The van der Waals surface area contributed by atoms with Gasteiger partial charge in [0.1, 0.15) is 11.9 Å². The molecule has 0 saturated heterocycles. The first-order valence-corrected chi connectivity index (χ1v) is 5.98. The number of imidazole rings is 1. The topological polar surface area (TPSA) is 76.9 Å². The van der Waals surface area contributed by atoms with E-state index in [0.29, 0.717) is 0 Å². The zero-order valence-corrected chi connectivity index (χ0v) is 10.3. The molecule has 0 fully saturated rings.